The second kappa shape index (κ2) is 5.60. The molecular formula is C14H16N2O2. The zero-order valence-electron chi connectivity index (χ0n) is 10.6. The highest BCUT2D eigenvalue weighted by molar-refractivity contribution is 5.81. The molecule has 94 valence electrons. The lowest BCUT2D eigenvalue weighted by molar-refractivity contribution is -0.134. The van der Waals surface area contributed by atoms with Crippen LogP contribution < -0.4 is 4.74 Å². The van der Waals surface area contributed by atoms with Crippen LogP contribution in [0.2, 0.25) is 0 Å². The fourth-order valence-electron chi connectivity index (χ4n) is 1.61. The molecule has 0 bridgehead atoms. The maximum atomic E-state index is 11.6. The third-order valence-corrected chi connectivity index (χ3v) is 2.57. The van der Waals surface area contributed by atoms with Crippen LogP contribution >= 0.6 is 0 Å². The van der Waals surface area contributed by atoms with Gasteiger partial charge in [0.2, 0.25) is 0 Å². The van der Waals surface area contributed by atoms with Gasteiger partial charge in [-0.15, -0.1) is 0 Å². The normalized spacial score (nSPS) is 10.8. The quantitative estimate of drug-likeness (QED) is 0.610. The molecule has 0 fully saturated rings. The predicted octanol–water partition coefficient (Wildman–Crippen LogP) is 2.09. The Labute approximate surface area is 106 Å². The summed E-state index contributed by atoms with van der Waals surface area (Å²) in [5.41, 5.74) is 0.829. The molecule has 0 saturated carbocycles. The first-order chi connectivity index (χ1) is 8.65. The van der Waals surface area contributed by atoms with Crippen LogP contribution in [0, 0.1) is 0 Å². The Bertz CT molecular complexity index is 552. The molecule has 18 heavy (non-hydrogen) atoms. The first-order valence-corrected chi connectivity index (χ1v) is 5.85. The molecular weight excluding hydrogens is 228 g/mol. The summed E-state index contributed by atoms with van der Waals surface area (Å²) in [5.74, 6) is 0.323. The summed E-state index contributed by atoms with van der Waals surface area (Å²) in [6.45, 7) is 0.685. The minimum Gasteiger partial charge on any atom is -0.426 e. The van der Waals surface area contributed by atoms with E-state index in [4.69, 9.17) is 4.74 Å². The lowest BCUT2D eigenvalue weighted by Crippen LogP contribution is -2.19. The van der Waals surface area contributed by atoms with Crippen molar-refractivity contribution in [2.75, 3.05) is 20.6 Å². The maximum absolute atomic E-state index is 11.6. The van der Waals surface area contributed by atoms with Gasteiger partial charge in [0.15, 0.2) is 0 Å². The number of benzene rings is 1. The van der Waals surface area contributed by atoms with Crippen molar-refractivity contribution >= 4 is 16.9 Å². The van der Waals surface area contributed by atoms with Crippen LogP contribution in [0.1, 0.15) is 6.42 Å². The number of ether oxygens (including phenoxy) is 1. The summed E-state index contributed by atoms with van der Waals surface area (Å²) in [6.07, 6.45) is 2.10. The number of nitrogens with zero attached hydrogens (tertiary/aromatic N) is 2. The highest BCUT2D eigenvalue weighted by Gasteiger charge is 2.06. The Morgan fingerprint density at radius 3 is 2.94 bits per heavy atom. The smallest absolute Gasteiger partial charge is 0.312 e. The number of carbonyl (C=O) groups excluding carboxylic acids is 1. The summed E-state index contributed by atoms with van der Waals surface area (Å²) in [6, 6.07) is 9.32. The van der Waals surface area contributed by atoms with Crippen LogP contribution in [0.15, 0.2) is 36.5 Å². The van der Waals surface area contributed by atoms with Gasteiger partial charge in [-0.05, 0) is 32.3 Å². The van der Waals surface area contributed by atoms with E-state index in [1.807, 2.05) is 37.2 Å². The lowest BCUT2D eigenvalue weighted by Gasteiger charge is -2.09. The molecule has 0 aliphatic carbocycles. The number of esters is 1. The molecule has 0 aliphatic heterocycles. The van der Waals surface area contributed by atoms with Gasteiger partial charge in [-0.25, -0.2) is 0 Å². The molecule has 4 nitrogen and oxygen atoms in total. The van der Waals surface area contributed by atoms with Gasteiger partial charge in [-0.2, -0.15) is 0 Å². The summed E-state index contributed by atoms with van der Waals surface area (Å²) in [7, 11) is 3.85. The maximum Gasteiger partial charge on any atom is 0.312 e. The first-order valence-electron chi connectivity index (χ1n) is 5.85. The highest BCUT2D eigenvalue weighted by atomic mass is 16.5. The number of aromatic nitrogens is 1. The number of hydrogen-bond donors (Lipinski definition) is 0. The summed E-state index contributed by atoms with van der Waals surface area (Å²) < 4.78 is 5.27. The molecule has 0 atom stereocenters. The van der Waals surface area contributed by atoms with Gasteiger partial charge in [0.25, 0.3) is 0 Å². The van der Waals surface area contributed by atoms with E-state index in [9.17, 15) is 4.79 Å². The largest absolute Gasteiger partial charge is 0.426 e. The van der Waals surface area contributed by atoms with Crippen LogP contribution in [0.5, 0.6) is 5.75 Å². The SMILES string of the molecule is CN(C)CCC(=O)Oc1ccc2cccnc2c1. The van der Waals surface area contributed by atoms with Crippen molar-refractivity contribution in [2.24, 2.45) is 0 Å². The zero-order chi connectivity index (χ0) is 13.0. The van der Waals surface area contributed by atoms with Gasteiger partial charge in [-0.3, -0.25) is 9.78 Å². The van der Waals surface area contributed by atoms with E-state index in [0.717, 1.165) is 10.9 Å². The Morgan fingerprint density at radius 2 is 2.17 bits per heavy atom. The van der Waals surface area contributed by atoms with Crippen LogP contribution in [0.25, 0.3) is 10.9 Å². The zero-order valence-corrected chi connectivity index (χ0v) is 10.6. The third-order valence-electron chi connectivity index (χ3n) is 2.57. The second-order valence-corrected chi connectivity index (χ2v) is 4.39. The Kier molecular flexibility index (Phi) is 3.89. The van der Waals surface area contributed by atoms with Crippen molar-refractivity contribution in [3.63, 3.8) is 0 Å². The summed E-state index contributed by atoms with van der Waals surface area (Å²) in [5, 5.41) is 1.03. The Balaban J connectivity index is 2.05. The topological polar surface area (TPSA) is 42.4 Å². The van der Waals surface area contributed by atoms with Gasteiger partial charge >= 0.3 is 5.97 Å². The molecule has 4 heteroatoms. The average Bonchev–Trinajstić information content (AvgIpc) is 2.36. The van der Waals surface area contributed by atoms with Crippen molar-refractivity contribution < 1.29 is 9.53 Å². The van der Waals surface area contributed by atoms with Crippen molar-refractivity contribution in [3.8, 4) is 5.75 Å². The minimum atomic E-state index is -0.223. The second-order valence-electron chi connectivity index (χ2n) is 4.39. The van der Waals surface area contributed by atoms with E-state index in [-0.39, 0.29) is 5.97 Å². The molecule has 0 radical (unpaired) electrons. The van der Waals surface area contributed by atoms with Crippen molar-refractivity contribution in [2.45, 2.75) is 6.42 Å². The van der Waals surface area contributed by atoms with Crippen molar-refractivity contribution in [3.05, 3.63) is 36.5 Å². The van der Waals surface area contributed by atoms with Crippen LogP contribution in [-0.4, -0.2) is 36.5 Å². The minimum absolute atomic E-state index is 0.223. The van der Waals surface area contributed by atoms with E-state index >= 15 is 0 Å². The van der Waals surface area contributed by atoms with E-state index in [1.165, 1.54) is 0 Å². The summed E-state index contributed by atoms with van der Waals surface area (Å²) >= 11 is 0. The number of carbonyl (C=O) groups is 1. The van der Waals surface area contributed by atoms with Gasteiger partial charge in [0.1, 0.15) is 5.75 Å². The number of fused-ring (bicyclic) bond motifs is 1. The molecule has 0 unspecified atom stereocenters. The molecule has 0 spiro atoms. The van der Waals surface area contributed by atoms with E-state index in [1.54, 1.807) is 18.3 Å². The van der Waals surface area contributed by atoms with Gasteiger partial charge in [0, 0.05) is 24.2 Å². The highest BCUT2D eigenvalue weighted by Crippen LogP contribution is 2.19. The van der Waals surface area contributed by atoms with E-state index in [2.05, 4.69) is 4.98 Å². The average molecular weight is 244 g/mol. The Hall–Kier alpha value is -1.94. The molecule has 2 rings (SSSR count). The van der Waals surface area contributed by atoms with Gasteiger partial charge in [0.05, 0.1) is 11.9 Å². The van der Waals surface area contributed by atoms with Crippen molar-refractivity contribution in [1.82, 2.24) is 9.88 Å². The van der Waals surface area contributed by atoms with Crippen LogP contribution in [0.4, 0.5) is 0 Å². The molecule has 1 aromatic heterocycles. The van der Waals surface area contributed by atoms with Gasteiger partial charge < -0.3 is 9.64 Å². The lowest BCUT2D eigenvalue weighted by atomic mass is 10.2. The molecule has 1 aromatic carbocycles. The number of hydrogen-bond acceptors (Lipinski definition) is 4. The van der Waals surface area contributed by atoms with E-state index < -0.39 is 0 Å². The first kappa shape index (κ1) is 12.5. The Morgan fingerprint density at radius 1 is 1.33 bits per heavy atom. The molecule has 0 aliphatic rings. The number of rotatable bonds is 4. The summed E-state index contributed by atoms with van der Waals surface area (Å²) in [4.78, 5) is 17.8. The molecule has 1 heterocycles. The van der Waals surface area contributed by atoms with Gasteiger partial charge in [-0.1, -0.05) is 6.07 Å². The molecule has 0 N–H and O–H groups in total. The predicted molar refractivity (Wildman–Crippen MR) is 70.5 cm³/mol. The molecule has 0 amide bonds. The third kappa shape index (κ3) is 3.28. The fraction of sp³-hybridized carbons (Fsp3) is 0.286. The fourth-order valence-corrected chi connectivity index (χ4v) is 1.61. The number of pyridine rings is 1. The molecule has 2 aromatic rings. The standard InChI is InChI=1S/C14H16N2O2/c1-16(2)9-7-14(17)18-12-6-5-11-4-3-8-15-13(11)10-12/h3-6,8,10H,7,9H2,1-2H3. The monoisotopic (exact) mass is 244 g/mol. The molecule has 0 saturated heterocycles. The van der Waals surface area contributed by atoms with E-state index in [0.29, 0.717) is 18.7 Å². The van der Waals surface area contributed by atoms with Crippen molar-refractivity contribution in [1.29, 1.82) is 0 Å². The van der Waals surface area contributed by atoms with Crippen LogP contribution in [-0.2, 0) is 4.79 Å². The van der Waals surface area contributed by atoms with Crippen LogP contribution in [0.3, 0.4) is 0 Å².